The largest absolute Gasteiger partial charge is 0.382 e. The lowest BCUT2D eigenvalue weighted by atomic mass is 10.1. The van der Waals surface area contributed by atoms with Gasteiger partial charge in [0.2, 0.25) is 0 Å². The second-order valence-electron chi connectivity index (χ2n) is 2.93. The van der Waals surface area contributed by atoms with Gasteiger partial charge in [0.15, 0.2) is 0 Å². The van der Waals surface area contributed by atoms with Gasteiger partial charge in [0, 0.05) is 25.2 Å². The average Bonchev–Trinajstić information content (AvgIpc) is 2.16. The van der Waals surface area contributed by atoms with Gasteiger partial charge in [-0.15, -0.1) is 0 Å². The van der Waals surface area contributed by atoms with Gasteiger partial charge >= 0.3 is 0 Å². The highest BCUT2D eigenvalue weighted by Gasteiger charge is 2.18. The van der Waals surface area contributed by atoms with E-state index in [9.17, 15) is 0 Å². The Labute approximate surface area is 111 Å². The lowest BCUT2D eigenvalue weighted by molar-refractivity contribution is 0.0513. The molecule has 0 radical (unpaired) electrons. The van der Waals surface area contributed by atoms with Gasteiger partial charge in [-0.2, -0.15) is 0 Å². The summed E-state index contributed by atoms with van der Waals surface area (Å²) < 4.78 is 10.9. The summed E-state index contributed by atoms with van der Waals surface area (Å²) in [4.78, 5) is 0.370. The Bertz CT molecular complexity index is 133. The molecule has 0 aromatic rings. The van der Waals surface area contributed by atoms with Crippen LogP contribution >= 0.6 is 47.8 Å². The highest BCUT2D eigenvalue weighted by molar-refractivity contribution is 9.25. The van der Waals surface area contributed by atoms with Crippen LogP contribution in [-0.2, 0) is 9.47 Å². The van der Waals surface area contributed by atoms with Crippen LogP contribution in [0, 0.1) is 0 Å². The van der Waals surface area contributed by atoms with E-state index in [1.807, 2.05) is 6.92 Å². The van der Waals surface area contributed by atoms with Crippen LogP contribution in [0.4, 0.5) is 0 Å². The molecule has 0 saturated carbocycles. The number of hydrogen-bond acceptors (Lipinski definition) is 2. The maximum atomic E-state index is 5.37. The minimum absolute atomic E-state index is 0.253. The molecular weight excluding hydrogens is 380 g/mol. The van der Waals surface area contributed by atoms with Crippen molar-refractivity contribution < 1.29 is 9.47 Å². The molecule has 14 heavy (non-hydrogen) atoms. The SMILES string of the molecule is CCOCCC(CC(Br)C(Br)Br)OC. The number of alkyl halides is 3. The Kier molecular flexibility index (Phi) is 10.5. The van der Waals surface area contributed by atoms with E-state index in [0.29, 0.717) is 4.83 Å². The average molecular weight is 397 g/mol. The highest BCUT2D eigenvalue weighted by atomic mass is 79.9. The number of methoxy groups -OCH3 is 1. The lowest BCUT2D eigenvalue weighted by Crippen LogP contribution is -2.21. The molecule has 0 aromatic carbocycles. The molecule has 0 aliphatic heterocycles. The van der Waals surface area contributed by atoms with Crippen molar-refractivity contribution in [2.75, 3.05) is 20.3 Å². The van der Waals surface area contributed by atoms with Crippen molar-refractivity contribution >= 4 is 47.8 Å². The predicted molar refractivity (Wildman–Crippen MR) is 70.9 cm³/mol. The second-order valence-corrected chi connectivity index (χ2v) is 7.31. The van der Waals surface area contributed by atoms with E-state index in [2.05, 4.69) is 47.8 Å². The summed E-state index contributed by atoms with van der Waals surface area (Å²) >= 11 is 10.5. The number of rotatable bonds is 8. The number of hydrogen-bond donors (Lipinski definition) is 0. The molecule has 0 aromatic heterocycles. The first-order valence-corrected chi connectivity index (χ1v) is 7.39. The quantitative estimate of drug-likeness (QED) is 0.460. The van der Waals surface area contributed by atoms with Gasteiger partial charge < -0.3 is 9.47 Å². The Balaban J connectivity index is 3.67. The van der Waals surface area contributed by atoms with Crippen LogP contribution in [0.15, 0.2) is 0 Å². The molecule has 5 heteroatoms. The summed E-state index contributed by atoms with van der Waals surface area (Å²) in [5.74, 6) is 0. The molecule has 0 aliphatic rings. The fourth-order valence-corrected chi connectivity index (χ4v) is 1.89. The smallest absolute Gasteiger partial charge is 0.0823 e. The van der Waals surface area contributed by atoms with Crippen molar-refractivity contribution in [1.82, 2.24) is 0 Å². The molecule has 2 unspecified atom stereocenters. The van der Waals surface area contributed by atoms with Crippen molar-refractivity contribution in [2.45, 2.75) is 34.4 Å². The minimum atomic E-state index is 0.253. The van der Waals surface area contributed by atoms with Crippen LogP contribution in [-0.4, -0.2) is 35.0 Å². The molecule has 0 saturated heterocycles. The molecule has 0 N–H and O–H groups in total. The zero-order valence-electron chi connectivity index (χ0n) is 8.51. The molecule has 0 heterocycles. The Hall–Kier alpha value is 1.36. The molecule has 0 rings (SSSR count). The molecule has 0 bridgehead atoms. The first kappa shape index (κ1) is 15.4. The fourth-order valence-electron chi connectivity index (χ4n) is 1.05. The summed E-state index contributed by atoms with van der Waals surface area (Å²) in [6.45, 7) is 3.54. The predicted octanol–water partition coefficient (Wildman–Crippen LogP) is 3.70. The first-order valence-electron chi connectivity index (χ1n) is 4.64. The number of halogens is 3. The van der Waals surface area contributed by atoms with Gasteiger partial charge in [-0.3, -0.25) is 0 Å². The van der Waals surface area contributed by atoms with Gasteiger partial charge in [0.1, 0.15) is 0 Å². The molecule has 0 fully saturated rings. The third-order valence-corrected chi connectivity index (χ3v) is 5.48. The fraction of sp³-hybridized carbons (Fsp3) is 1.00. The summed E-state index contributed by atoms with van der Waals surface area (Å²) in [6.07, 6.45) is 2.16. The Morgan fingerprint density at radius 1 is 1.21 bits per heavy atom. The van der Waals surface area contributed by atoms with Crippen molar-refractivity contribution in [2.24, 2.45) is 0 Å². The zero-order chi connectivity index (χ0) is 11.0. The van der Waals surface area contributed by atoms with E-state index in [1.165, 1.54) is 0 Å². The minimum Gasteiger partial charge on any atom is -0.382 e. The van der Waals surface area contributed by atoms with Crippen LogP contribution in [0.5, 0.6) is 0 Å². The molecule has 2 nitrogen and oxygen atoms in total. The summed E-state index contributed by atoms with van der Waals surface area (Å²) in [6, 6.07) is 0. The van der Waals surface area contributed by atoms with Gasteiger partial charge in [-0.05, 0) is 19.8 Å². The van der Waals surface area contributed by atoms with Crippen LogP contribution in [0.25, 0.3) is 0 Å². The van der Waals surface area contributed by atoms with E-state index in [0.717, 1.165) is 26.1 Å². The standard InChI is InChI=1S/C9H17Br3O2/c1-3-14-5-4-7(13-2)6-8(10)9(11)12/h7-9H,3-6H2,1-2H3. The van der Waals surface area contributed by atoms with Crippen LogP contribution in [0.2, 0.25) is 0 Å². The maximum absolute atomic E-state index is 5.37. The topological polar surface area (TPSA) is 18.5 Å². The maximum Gasteiger partial charge on any atom is 0.0823 e. The van der Waals surface area contributed by atoms with Crippen LogP contribution in [0.3, 0.4) is 0 Å². The summed E-state index contributed by atoms with van der Waals surface area (Å²) in [5, 5.41) is 0. The van der Waals surface area contributed by atoms with Crippen molar-refractivity contribution in [3.05, 3.63) is 0 Å². The van der Waals surface area contributed by atoms with Crippen molar-refractivity contribution in [3.8, 4) is 0 Å². The summed E-state index contributed by atoms with van der Waals surface area (Å²) in [5.41, 5.74) is 0. The lowest BCUT2D eigenvalue weighted by Gasteiger charge is -2.19. The molecule has 0 amide bonds. The van der Waals surface area contributed by atoms with Crippen LogP contribution in [0.1, 0.15) is 19.8 Å². The van der Waals surface area contributed by atoms with E-state index in [-0.39, 0.29) is 9.84 Å². The van der Waals surface area contributed by atoms with Gasteiger partial charge in [0.25, 0.3) is 0 Å². The molecule has 2 atom stereocenters. The molecule has 86 valence electrons. The van der Waals surface area contributed by atoms with Gasteiger partial charge in [0.05, 0.1) is 9.84 Å². The first-order chi connectivity index (χ1) is 6.61. The van der Waals surface area contributed by atoms with E-state index in [1.54, 1.807) is 7.11 Å². The van der Waals surface area contributed by atoms with Crippen molar-refractivity contribution in [3.63, 3.8) is 0 Å². The van der Waals surface area contributed by atoms with E-state index < -0.39 is 0 Å². The zero-order valence-corrected chi connectivity index (χ0v) is 13.3. The van der Waals surface area contributed by atoms with Gasteiger partial charge in [-0.25, -0.2) is 0 Å². The Morgan fingerprint density at radius 2 is 1.86 bits per heavy atom. The highest BCUT2D eigenvalue weighted by Crippen LogP contribution is 2.25. The summed E-state index contributed by atoms with van der Waals surface area (Å²) in [7, 11) is 1.74. The van der Waals surface area contributed by atoms with Crippen molar-refractivity contribution in [1.29, 1.82) is 0 Å². The van der Waals surface area contributed by atoms with Gasteiger partial charge in [-0.1, -0.05) is 47.8 Å². The third-order valence-electron chi connectivity index (χ3n) is 1.88. The monoisotopic (exact) mass is 394 g/mol. The third kappa shape index (κ3) is 7.63. The molecule has 0 spiro atoms. The normalized spacial score (nSPS) is 15.9. The van der Waals surface area contributed by atoms with E-state index >= 15 is 0 Å². The molecular formula is C9H17Br3O2. The number of ether oxygens (including phenoxy) is 2. The van der Waals surface area contributed by atoms with E-state index in [4.69, 9.17) is 9.47 Å². The molecule has 0 aliphatic carbocycles. The Morgan fingerprint density at radius 3 is 2.29 bits per heavy atom. The second kappa shape index (κ2) is 9.58. The van der Waals surface area contributed by atoms with Crippen LogP contribution < -0.4 is 0 Å².